The number of rotatable bonds is 2. The molecule has 2 N–H and O–H groups in total. The maximum absolute atomic E-state index is 5.93. The number of ether oxygens (including phenoxy) is 1. The molecule has 0 spiro atoms. The van der Waals surface area contributed by atoms with E-state index in [0.717, 1.165) is 0 Å². The Labute approximate surface area is 92.5 Å². The second kappa shape index (κ2) is 4.19. The van der Waals surface area contributed by atoms with Gasteiger partial charge in [0.1, 0.15) is 5.75 Å². The molecule has 2 aromatic rings. The van der Waals surface area contributed by atoms with Gasteiger partial charge in [-0.05, 0) is 18.2 Å². The first kappa shape index (κ1) is 9.80. The standard InChI is InChI=1S/C11H9ClN2O/c12-9-3-1-2-4-10(9)15-11-6-5-8(13)7-14-11/h1-7H,13H2. The largest absolute Gasteiger partial charge is 0.437 e. The van der Waals surface area contributed by atoms with Crippen LogP contribution in [0.1, 0.15) is 0 Å². The summed E-state index contributed by atoms with van der Waals surface area (Å²) in [6.07, 6.45) is 1.53. The van der Waals surface area contributed by atoms with Crippen molar-refractivity contribution in [1.82, 2.24) is 4.98 Å². The molecule has 1 heterocycles. The molecule has 0 aliphatic carbocycles. The third-order valence-electron chi connectivity index (χ3n) is 1.81. The Balaban J connectivity index is 2.22. The first-order chi connectivity index (χ1) is 7.25. The van der Waals surface area contributed by atoms with Gasteiger partial charge in [-0.2, -0.15) is 0 Å². The van der Waals surface area contributed by atoms with E-state index < -0.39 is 0 Å². The van der Waals surface area contributed by atoms with Crippen LogP contribution in [0.25, 0.3) is 0 Å². The van der Waals surface area contributed by atoms with E-state index in [2.05, 4.69) is 4.98 Å². The molecule has 3 nitrogen and oxygen atoms in total. The van der Waals surface area contributed by atoms with Gasteiger partial charge in [-0.15, -0.1) is 0 Å². The number of hydrogen-bond donors (Lipinski definition) is 1. The molecule has 2 rings (SSSR count). The molecular formula is C11H9ClN2O. The minimum atomic E-state index is 0.470. The van der Waals surface area contributed by atoms with Crippen LogP contribution in [0.4, 0.5) is 5.69 Å². The minimum absolute atomic E-state index is 0.470. The van der Waals surface area contributed by atoms with E-state index in [4.69, 9.17) is 22.1 Å². The highest BCUT2D eigenvalue weighted by Crippen LogP contribution is 2.27. The molecule has 1 aromatic heterocycles. The third kappa shape index (κ3) is 2.39. The Hall–Kier alpha value is -1.74. The molecule has 0 bridgehead atoms. The number of pyridine rings is 1. The zero-order valence-electron chi connectivity index (χ0n) is 7.85. The number of benzene rings is 1. The van der Waals surface area contributed by atoms with Crippen molar-refractivity contribution in [1.29, 1.82) is 0 Å². The Morgan fingerprint density at radius 3 is 2.60 bits per heavy atom. The Bertz CT molecular complexity index is 456. The van der Waals surface area contributed by atoms with Gasteiger partial charge in [-0.25, -0.2) is 4.98 Å². The maximum atomic E-state index is 5.93. The second-order valence-electron chi connectivity index (χ2n) is 2.96. The summed E-state index contributed by atoms with van der Waals surface area (Å²) < 4.78 is 5.47. The van der Waals surface area contributed by atoms with Crippen molar-refractivity contribution in [3.63, 3.8) is 0 Å². The average Bonchev–Trinajstić information content (AvgIpc) is 2.25. The van der Waals surface area contributed by atoms with Gasteiger partial charge in [0.2, 0.25) is 5.88 Å². The number of nitrogens with two attached hydrogens (primary N) is 1. The van der Waals surface area contributed by atoms with Gasteiger partial charge in [0.25, 0.3) is 0 Å². The summed E-state index contributed by atoms with van der Waals surface area (Å²) in [5.74, 6) is 1.05. The van der Waals surface area contributed by atoms with Crippen molar-refractivity contribution in [3.05, 3.63) is 47.6 Å². The SMILES string of the molecule is Nc1ccc(Oc2ccccc2Cl)nc1. The van der Waals surface area contributed by atoms with Crippen molar-refractivity contribution in [2.45, 2.75) is 0 Å². The molecule has 0 amide bonds. The van der Waals surface area contributed by atoms with E-state index in [1.807, 2.05) is 12.1 Å². The first-order valence-electron chi connectivity index (χ1n) is 4.39. The lowest BCUT2D eigenvalue weighted by Gasteiger charge is -2.05. The molecule has 76 valence electrons. The fraction of sp³-hybridized carbons (Fsp3) is 0. The first-order valence-corrected chi connectivity index (χ1v) is 4.77. The van der Waals surface area contributed by atoms with Crippen LogP contribution in [0.5, 0.6) is 11.6 Å². The summed E-state index contributed by atoms with van der Waals surface area (Å²) in [7, 11) is 0. The summed E-state index contributed by atoms with van der Waals surface area (Å²) in [5.41, 5.74) is 6.10. The van der Waals surface area contributed by atoms with Crippen molar-refractivity contribution >= 4 is 17.3 Å². The quantitative estimate of drug-likeness (QED) is 0.846. The molecule has 0 unspecified atom stereocenters. The van der Waals surface area contributed by atoms with Crippen LogP contribution < -0.4 is 10.5 Å². The number of aromatic nitrogens is 1. The Morgan fingerprint density at radius 2 is 1.93 bits per heavy atom. The highest BCUT2D eigenvalue weighted by molar-refractivity contribution is 6.32. The lowest BCUT2D eigenvalue weighted by Crippen LogP contribution is -1.90. The normalized spacial score (nSPS) is 9.93. The molecular weight excluding hydrogens is 212 g/mol. The Morgan fingerprint density at radius 1 is 1.13 bits per heavy atom. The number of para-hydroxylation sites is 1. The average molecular weight is 221 g/mol. The van der Waals surface area contributed by atoms with E-state index >= 15 is 0 Å². The van der Waals surface area contributed by atoms with E-state index in [1.54, 1.807) is 24.3 Å². The highest BCUT2D eigenvalue weighted by Gasteiger charge is 2.01. The Kier molecular flexibility index (Phi) is 2.74. The molecule has 0 saturated carbocycles. The number of halogens is 1. The summed E-state index contributed by atoms with van der Waals surface area (Å²) in [6.45, 7) is 0. The van der Waals surface area contributed by atoms with Crippen LogP contribution in [0.15, 0.2) is 42.6 Å². The topological polar surface area (TPSA) is 48.1 Å². The third-order valence-corrected chi connectivity index (χ3v) is 2.12. The zero-order valence-corrected chi connectivity index (χ0v) is 8.61. The summed E-state index contributed by atoms with van der Waals surface area (Å²) in [4.78, 5) is 4.01. The number of nitrogens with zero attached hydrogens (tertiary/aromatic N) is 1. The lowest BCUT2D eigenvalue weighted by atomic mass is 10.3. The van der Waals surface area contributed by atoms with Crippen molar-refractivity contribution in [2.24, 2.45) is 0 Å². The number of nitrogen functional groups attached to an aromatic ring is 1. The molecule has 0 fully saturated rings. The van der Waals surface area contributed by atoms with Gasteiger partial charge in [-0.3, -0.25) is 0 Å². The van der Waals surface area contributed by atoms with E-state index in [1.165, 1.54) is 6.20 Å². The molecule has 15 heavy (non-hydrogen) atoms. The second-order valence-corrected chi connectivity index (χ2v) is 3.37. The van der Waals surface area contributed by atoms with Crippen LogP contribution in [0.3, 0.4) is 0 Å². The van der Waals surface area contributed by atoms with Crippen LogP contribution in [-0.2, 0) is 0 Å². The molecule has 0 aliphatic rings. The number of anilines is 1. The number of hydrogen-bond acceptors (Lipinski definition) is 3. The van der Waals surface area contributed by atoms with Gasteiger partial charge in [0, 0.05) is 6.07 Å². The smallest absolute Gasteiger partial charge is 0.219 e. The van der Waals surface area contributed by atoms with Gasteiger partial charge in [0.05, 0.1) is 16.9 Å². The summed E-state index contributed by atoms with van der Waals surface area (Å²) in [6, 6.07) is 10.6. The highest BCUT2D eigenvalue weighted by atomic mass is 35.5. The van der Waals surface area contributed by atoms with Gasteiger partial charge >= 0.3 is 0 Å². The fourth-order valence-electron chi connectivity index (χ4n) is 1.09. The van der Waals surface area contributed by atoms with Crippen LogP contribution in [-0.4, -0.2) is 4.98 Å². The van der Waals surface area contributed by atoms with Crippen LogP contribution in [0, 0.1) is 0 Å². The van der Waals surface area contributed by atoms with Crippen LogP contribution >= 0.6 is 11.6 Å². The molecule has 0 saturated heterocycles. The van der Waals surface area contributed by atoms with Gasteiger partial charge in [0.15, 0.2) is 0 Å². The molecule has 4 heteroatoms. The molecule has 1 aromatic carbocycles. The van der Waals surface area contributed by atoms with Crippen LogP contribution in [0.2, 0.25) is 5.02 Å². The lowest BCUT2D eigenvalue weighted by molar-refractivity contribution is 0.463. The minimum Gasteiger partial charge on any atom is -0.437 e. The predicted octanol–water partition coefficient (Wildman–Crippen LogP) is 3.11. The van der Waals surface area contributed by atoms with Crippen molar-refractivity contribution < 1.29 is 4.74 Å². The molecule has 0 aliphatic heterocycles. The molecule has 0 radical (unpaired) electrons. The summed E-state index contributed by atoms with van der Waals surface area (Å²) >= 11 is 5.93. The van der Waals surface area contributed by atoms with Crippen molar-refractivity contribution in [3.8, 4) is 11.6 Å². The predicted molar refractivity (Wildman–Crippen MR) is 60.2 cm³/mol. The maximum Gasteiger partial charge on any atom is 0.219 e. The van der Waals surface area contributed by atoms with Crippen molar-refractivity contribution in [2.75, 3.05) is 5.73 Å². The van der Waals surface area contributed by atoms with E-state index in [0.29, 0.717) is 22.3 Å². The van der Waals surface area contributed by atoms with E-state index in [9.17, 15) is 0 Å². The zero-order chi connectivity index (χ0) is 10.7. The monoisotopic (exact) mass is 220 g/mol. The van der Waals surface area contributed by atoms with Gasteiger partial charge < -0.3 is 10.5 Å². The fourth-order valence-corrected chi connectivity index (χ4v) is 1.27. The summed E-state index contributed by atoms with van der Waals surface area (Å²) in [5, 5.41) is 0.552. The molecule has 0 atom stereocenters. The van der Waals surface area contributed by atoms with E-state index in [-0.39, 0.29) is 0 Å². The van der Waals surface area contributed by atoms with Gasteiger partial charge in [-0.1, -0.05) is 23.7 Å².